The summed E-state index contributed by atoms with van der Waals surface area (Å²) in [6, 6.07) is 5.15. The fourth-order valence-corrected chi connectivity index (χ4v) is 3.31. The summed E-state index contributed by atoms with van der Waals surface area (Å²) in [5.41, 5.74) is 2.60. The van der Waals surface area contributed by atoms with E-state index in [0.29, 0.717) is 31.7 Å². The van der Waals surface area contributed by atoms with Crippen molar-refractivity contribution < 1.29 is 19.5 Å². The molecule has 2 rings (SSSR count). The molecule has 0 saturated heterocycles. The zero-order chi connectivity index (χ0) is 22.5. The highest BCUT2D eigenvalue weighted by atomic mass is 16.7. The van der Waals surface area contributed by atoms with E-state index < -0.39 is 0 Å². The minimum absolute atomic E-state index is 0.0709. The number of hydrogen-bond acceptors (Lipinski definition) is 7. The number of aliphatic hydroxyl groups excluding tert-OH is 1. The lowest BCUT2D eigenvalue weighted by Crippen LogP contribution is -2.11. The highest BCUT2D eigenvalue weighted by molar-refractivity contribution is 5.45. The van der Waals surface area contributed by atoms with Crippen molar-refractivity contribution in [1.29, 1.82) is 0 Å². The van der Waals surface area contributed by atoms with Crippen molar-refractivity contribution in [3.05, 3.63) is 51.3 Å². The Morgan fingerprint density at radius 2 is 2.06 bits per heavy atom. The zero-order valence-electron chi connectivity index (χ0n) is 18.5. The third kappa shape index (κ3) is 8.72. The molecule has 0 spiro atoms. The van der Waals surface area contributed by atoms with Gasteiger partial charge in [-0.3, -0.25) is 10.1 Å². The fourth-order valence-electron chi connectivity index (χ4n) is 3.31. The van der Waals surface area contributed by atoms with Crippen LogP contribution in [0.3, 0.4) is 0 Å². The van der Waals surface area contributed by atoms with E-state index in [1.54, 1.807) is 16.8 Å². The lowest BCUT2D eigenvalue weighted by molar-refractivity contribution is -0.385. The number of aromatic nitrogens is 3. The fraction of sp³-hybridized carbons (Fsp3) is 0.636. The first-order valence-electron chi connectivity index (χ1n) is 11.0. The Bertz CT molecular complexity index is 796. The molecule has 0 aliphatic carbocycles. The molecule has 1 aromatic heterocycles. The van der Waals surface area contributed by atoms with Crippen LogP contribution in [0.1, 0.15) is 68.7 Å². The van der Waals surface area contributed by atoms with Crippen molar-refractivity contribution >= 4 is 5.69 Å². The molecule has 9 heteroatoms. The van der Waals surface area contributed by atoms with Gasteiger partial charge in [-0.2, -0.15) is 0 Å². The maximum Gasteiger partial charge on any atom is 0.272 e. The average Bonchev–Trinajstić information content (AvgIpc) is 3.20. The Hall–Kier alpha value is -2.36. The van der Waals surface area contributed by atoms with Gasteiger partial charge in [-0.1, -0.05) is 44.4 Å². The zero-order valence-corrected chi connectivity index (χ0v) is 18.5. The first-order valence-corrected chi connectivity index (χ1v) is 11.0. The molecule has 9 nitrogen and oxygen atoms in total. The van der Waals surface area contributed by atoms with E-state index in [0.717, 1.165) is 24.1 Å². The molecule has 172 valence electrons. The molecule has 0 saturated carbocycles. The third-order valence-corrected chi connectivity index (χ3v) is 5.02. The second kappa shape index (κ2) is 13.8. The molecule has 0 aliphatic rings. The number of nitrogens with zero attached hydrogens (tertiary/aromatic N) is 4. The summed E-state index contributed by atoms with van der Waals surface area (Å²) in [6.45, 7) is 5.47. The number of aliphatic hydroxyl groups is 1. The molecule has 1 heterocycles. The molecule has 1 aromatic carbocycles. The first-order chi connectivity index (χ1) is 15.0. The number of rotatable bonds is 16. The van der Waals surface area contributed by atoms with Gasteiger partial charge in [0.25, 0.3) is 5.69 Å². The van der Waals surface area contributed by atoms with Crippen LogP contribution in [0, 0.1) is 10.1 Å². The van der Waals surface area contributed by atoms with Crippen LogP contribution in [0.15, 0.2) is 24.4 Å². The number of hydrogen-bond donors (Lipinski definition) is 1. The van der Waals surface area contributed by atoms with Gasteiger partial charge in [0.2, 0.25) is 0 Å². The van der Waals surface area contributed by atoms with Gasteiger partial charge < -0.3 is 14.6 Å². The summed E-state index contributed by atoms with van der Waals surface area (Å²) in [7, 11) is 0. The van der Waals surface area contributed by atoms with E-state index in [-0.39, 0.29) is 29.9 Å². The summed E-state index contributed by atoms with van der Waals surface area (Å²) < 4.78 is 12.5. The number of unbranched alkanes of at least 4 members (excludes halogenated alkanes) is 3. The van der Waals surface area contributed by atoms with E-state index in [1.165, 1.54) is 19.3 Å². The van der Waals surface area contributed by atoms with Crippen LogP contribution < -0.4 is 0 Å². The highest BCUT2D eigenvalue weighted by Gasteiger charge is 2.20. The number of aryl methyl sites for hydroxylation is 1. The molecule has 31 heavy (non-hydrogen) atoms. The standard InChI is InChI=1S/C22H34N4O5/c1-3-4-5-6-8-20-15-25(24-23-20)14-19-9-10-22(26(28)29)21(13-19)18(2)16-31-17-30-12-7-11-27/h9-10,13,15,18,27H,3-8,11-12,14,16-17H2,1-2H3. The van der Waals surface area contributed by atoms with Gasteiger partial charge in [0, 0.05) is 30.4 Å². The monoisotopic (exact) mass is 434 g/mol. The van der Waals surface area contributed by atoms with Gasteiger partial charge in [-0.05, 0) is 30.9 Å². The molecule has 2 aromatic rings. The Balaban J connectivity index is 1.97. The van der Waals surface area contributed by atoms with E-state index in [9.17, 15) is 10.1 Å². The van der Waals surface area contributed by atoms with Gasteiger partial charge in [0.05, 0.1) is 30.4 Å². The van der Waals surface area contributed by atoms with Crippen LogP contribution in [-0.4, -0.2) is 51.6 Å². The average molecular weight is 435 g/mol. The molecular formula is C22H34N4O5. The minimum atomic E-state index is -0.364. The summed E-state index contributed by atoms with van der Waals surface area (Å²) in [6.07, 6.45) is 8.15. The van der Waals surface area contributed by atoms with Crippen molar-refractivity contribution in [3.63, 3.8) is 0 Å². The van der Waals surface area contributed by atoms with E-state index in [4.69, 9.17) is 14.6 Å². The van der Waals surface area contributed by atoms with E-state index >= 15 is 0 Å². The molecule has 0 amide bonds. The molecule has 0 radical (unpaired) electrons. The number of ether oxygens (including phenoxy) is 2. The predicted molar refractivity (Wildman–Crippen MR) is 117 cm³/mol. The second-order valence-corrected chi connectivity index (χ2v) is 7.74. The lowest BCUT2D eigenvalue weighted by atomic mass is 9.97. The summed E-state index contributed by atoms with van der Waals surface area (Å²) >= 11 is 0. The largest absolute Gasteiger partial charge is 0.396 e. The van der Waals surface area contributed by atoms with Crippen LogP contribution in [-0.2, 0) is 22.4 Å². The van der Waals surface area contributed by atoms with E-state index in [2.05, 4.69) is 17.2 Å². The third-order valence-electron chi connectivity index (χ3n) is 5.02. The van der Waals surface area contributed by atoms with Gasteiger partial charge >= 0.3 is 0 Å². The lowest BCUT2D eigenvalue weighted by Gasteiger charge is -2.14. The van der Waals surface area contributed by atoms with Gasteiger partial charge in [0.15, 0.2) is 0 Å². The maximum atomic E-state index is 11.5. The molecular weight excluding hydrogens is 400 g/mol. The highest BCUT2D eigenvalue weighted by Crippen LogP contribution is 2.28. The summed E-state index contributed by atoms with van der Waals surface area (Å²) in [5.74, 6) is -0.174. The summed E-state index contributed by atoms with van der Waals surface area (Å²) in [5, 5.41) is 28.7. The quantitative estimate of drug-likeness (QED) is 0.185. The molecule has 0 bridgehead atoms. The SMILES string of the molecule is CCCCCCc1cn(Cc2ccc([N+](=O)[O-])c(C(C)COCOCCCO)c2)nn1. The van der Waals surface area contributed by atoms with Gasteiger partial charge in [-0.15, -0.1) is 5.10 Å². The molecule has 1 unspecified atom stereocenters. The van der Waals surface area contributed by atoms with Crippen molar-refractivity contribution in [2.75, 3.05) is 26.6 Å². The normalized spacial score (nSPS) is 12.2. The second-order valence-electron chi connectivity index (χ2n) is 7.74. The van der Waals surface area contributed by atoms with Crippen molar-refractivity contribution in [2.45, 2.75) is 64.8 Å². The first kappa shape index (κ1) is 24.9. The van der Waals surface area contributed by atoms with Crippen LogP contribution >= 0.6 is 0 Å². The van der Waals surface area contributed by atoms with Crippen LogP contribution in [0.2, 0.25) is 0 Å². The number of nitro groups is 1. The minimum Gasteiger partial charge on any atom is -0.396 e. The van der Waals surface area contributed by atoms with Crippen molar-refractivity contribution in [1.82, 2.24) is 15.0 Å². The number of nitro benzene ring substituents is 1. The van der Waals surface area contributed by atoms with Gasteiger partial charge in [-0.25, -0.2) is 4.68 Å². The Labute approximate surface area is 183 Å². The van der Waals surface area contributed by atoms with Crippen molar-refractivity contribution in [2.24, 2.45) is 0 Å². The van der Waals surface area contributed by atoms with Crippen LogP contribution in [0.25, 0.3) is 0 Å². The number of benzene rings is 1. The topological polar surface area (TPSA) is 113 Å². The Morgan fingerprint density at radius 1 is 1.23 bits per heavy atom. The smallest absolute Gasteiger partial charge is 0.272 e. The Kier molecular flexibility index (Phi) is 11.1. The van der Waals surface area contributed by atoms with Gasteiger partial charge in [0.1, 0.15) is 6.79 Å². The molecule has 1 N–H and O–H groups in total. The molecule has 0 aliphatic heterocycles. The van der Waals surface area contributed by atoms with Crippen LogP contribution in [0.4, 0.5) is 5.69 Å². The maximum absolute atomic E-state index is 11.5. The Morgan fingerprint density at radius 3 is 2.81 bits per heavy atom. The molecule has 1 atom stereocenters. The predicted octanol–water partition coefficient (Wildman–Crippen LogP) is 3.83. The van der Waals surface area contributed by atoms with Crippen molar-refractivity contribution in [3.8, 4) is 0 Å². The summed E-state index contributed by atoms with van der Waals surface area (Å²) in [4.78, 5) is 11.1. The molecule has 0 fully saturated rings. The van der Waals surface area contributed by atoms with E-state index in [1.807, 2.05) is 19.2 Å². The van der Waals surface area contributed by atoms with Crippen LogP contribution in [0.5, 0.6) is 0 Å².